The molecule has 0 atom stereocenters. The molecule has 1 heterocycles. The standard InChI is InChI=1S/C20H13ClF5NO5/c1-9-12(7-17(29)30)13-6-16(28)14(21)8-15(13)27(9)18(31)10-2-4-11(5-3-10)32-20(25,26)19(22,23)24/h2-6,8,28H,7H2,1H3,(H,29,30). The normalized spacial score (nSPS) is 12.2. The molecule has 1 aromatic heterocycles. The lowest BCUT2D eigenvalue weighted by atomic mass is 10.1. The molecule has 3 rings (SSSR count). The molecule has 2 aromatic carbocycles. The van der Waals surface area contributed by atoms with Gasteiger partial charge in [0.25, 0.3) is 5.91 Å². The van der Waals surface area contributed by atoms with E-state index in [9.17, 15) is 41.8 Å². The second-order valence-corrected chi connectivity index (χ2v) is 7.14. The number of benzene rings is 2. The number of nitrogens with zero attached hydrogens (tertiary/aromatic N) is 1. The molecule has 0 unspecified atom stereocenters. The van der Waals surface area contributed by atoms with Crippen LogP contribution in [0.4, 0.5) is 22.0 Å². The zero-order valence-electron chi connectivity index (χ0n) is 16.0. The van der Waals surface area contributed by atoms with Crippen LogP contribution in [-0.2, 0) is 11.2 Å². The van der Waals surface area contributed by atoms with E-state index in [4.69, 9.17) is 11.6 Å². The van der Waals surface area contributed by atoms with E-state index in [0.29, 0.717) is 0 Å². The van der Waals surface area contributed by atoms with E-state index in [1.54, 1.807) is 0 Å². The number of phenolic OH excluding ortho intramolecular Hbond substituents is 1. The summed E-state index contributed by atoms with van der Waals surface area (Å²) in [7, 11) is 0. The van der Waals surface area contributed by atoms with Gasteiger partial charge in [0.05, 0.1) is 17.0 Å². The first-order valence-corrected chi connectivity index (χ1v) is 9.13. The first kappa shape index (κ1) is 23.3. The molecule has 0 amide bonds. The third-order valence-corrected chi connectivity index (χ3v) is 4.91. The number of alkyl halides is 5. The van der Waals surface area contributed by atoms with Crippen LogP contribution in [0.25, 0.3) is 10.9 Å². The molecule has 0 aliphatic carbocycles. The lowest BCUT2D eigenvalue weighted by Gasteiger charge is -2.20. The van der Waals surface area contributed by atoms with Gasteiger partial charge in [-0.3, -0.25) is 14.2 Å². The summed E-state index contributed by atoms with van der Waals surface area (Å²) >= 11 is 5.93. The van der Waals surface area contributed by atoms with Crippen LogP contribution in [0, 0.1) is 6.92 Å². The zero-order chi connectivity index (χ0) is 24.0. The number of carbonyl (C=O) groups is 2. The predicted octanol–water partition coefficient (Wildman–Crippen LogP) is 5.16. The topological polar surface area (TPSA) is 88.8 Å². The highest BCUT2D eigenvalue weighted by molar-refractivity contribution is 6.33. The van der Waals surface area contributed by atoms with Crippen molar-refractivity contribution in [1.29, 1.82) is 0 Å². The first-order chi connectivity index (χ1) is 14.7. The van der Waals surface area contributed by atoms with Gasteiger partial charge in [0.15, 0.2) is 0 Å². The summed E-state index contributed by atoms with van der Waals surface area (Å²) in [5.74, 6) is -3.08. The number of fused-ring (bicyclic) bond motifs is 1. The van der Waals surface area contributed by atoms with Gasteiger partial charge in [-0.1, -0.05) is 11.6 Å². The van der Waals surface area contributed by atoms with Crippen molar-refractivity contribution in [3.63, 3.8) is 0 Å². The lowest BCUT2D eigenvalue weighted by molar-refractivity contribution is -0.360. The predicted molar refractivity (Wildman–Crippen MR) is 102 cm³/mol. The molecule has 0 bridgehead atoms. The Kier molecular flexibility index (Phi) is 5.81. The summed E-state index contributed by atoms with van der Waals surface area (Å²) in [6.45, 7) is 1.46. The van der Waals surface area contributed by atoms with Gasteiger partial charge in [-0.2, -0.15) is 22.0 Å². The number of hydrogen-bond acceptors (Lipinski definition) is 4. The minimum atomic E-state index is -5.92. The third-order valence-electron chi connectivity index (χ3n) is 4.61. The molecule has 0 saturated carbocycles. The van der Waals surface area contributed by atoms with Crippen molar-refractivity contribution in [3.05, 3.63) is 58.2 Å². The van der Waals surface area contributed by atoms with E-state index in [2.05, 4.69) is 4.74 Å². The molecule has 0 radical (unpaired) electrons. The first-order valence-electron chi connectivity index (χ1n) is 8.75. The smallest absolute Gasteiger partial charge is 0.499 e. The minimum absolute atomic E-state index is 0.107. The molecule has 12 heteroatoms. The van der Waals surface area contributed by atoms with Gasteiger partial charge in [0.1, 0.15) is 11.5 Å². The lowest BCUT2D eigenvalue weighted by Crippen LogP contribution is -2.41. The number of halogens is 6. The Hall–Kier alpha value is -3.34. The number of carboxylic acids is 1. The van der Waals surface area contributed by atoms with Gasteiger partial charge >= 0.3 is 18.3 Å². The Morgan fingerprint density at radius 3 is 2.22 bits per heavy atom. The molecule has 6 nitrogen and oxygen atoms in total. The largest absolute Gasteiger partial charge is 0.506 e. The van der Waals surface area contributed by atoms with Crippen LogP contribution < -0.4 is 4.74 Å². The van der Waals surface area contributed by atoms with Crippen LogP contribution in [0.1, 0.15) is 21.6 Å². The Labute approximate surface area is 181 Å². The van der Waals surface area contributed by atoms with E-state index in [0.717, 1.165) is 28.8 Å². The monoisotopic (exact) mass is 477 g/mol. The molecule has 0 saturated heterocycles. The van der Waals surface area contributed by atoms with Gasteiger partial charge in [-0.05, 0) is 48.9 Å². The van der Waals surface area contributed by atoms with Gasteiger partial charge in [-0.25, -0.2) is 0 Å². The number of carbonyl (C=O) groups excluding carboxylic acids is 1. The average Bonchev–Trinajstić information content (AvgIpc) is 2.92. The molecule has 0 fully saturated rings. The molecule has 0 aliphatic heterocycles. The van der Waals surface area contributed by atoms with Crippen molar-refractivity contribution in [1.82, 2.24) is 4.57 Å². The Bertz CT molecular complexity index is 1220. The highest BCUT2D eigenvalue weighted by Crippen LogP contribution is 2.38. The molecule has 2 N–H and O–H groups in total. The fraction of sp³-hybridized carbons (Fsp3) is 0.200. The number of hydrogen-bond donors (Lipinski definition) is 2. The molecule has 0 spiro atoms. The van der Waals surface area contributed by atoms with Crippen molar-refractivity contribution >= 4 is 34.4 Å². The number of aromatic hydroxyl groups is 1. The Morgan fingerprint density at radius 2 is 1.69 bits per heavy atom. The molecule has 32 heavy (non-hydrogen) atoms. The SMILES string of the molecule is Cc1c(CC(=O)O)c2cc(O)c(Cl)cc2n1C(=O)c1ccc(OC(F)(F)C(F)(F)F)cc1. The van der Waals surface area contributed by atoms with Crippen LogP contribution in [0.3, 0.4) is 0 Å². The van der Waals surface area contributed by atoms with E-state index in [1.807, 2.05) is 0 Å². The van der Waals surface area contributed by atoms with Gasteiger partial charge in [-0.15, -0.1) is 0 Å². The maximum Gasteiger partial charge on any atom is 0.499 e. The minimum Gasteiger partial charge on any atom is -0.506 e. The average molecular weight is 478 g/mol. The fourth-order valence-corrected chi connectivity index (χ4v) is 3.28. The van der Waals surface area contributed by atoms with Gasteiger partial charge in [0.2, 0.25) is 0 Å². The van der Waals surface area contributed by atoms with Crippen molar-refractivity contribution < 1.29 is 46.5 Å². The maximum atomic E-state index is 13.1. The summed E-state index contributed by atoms with van der Waals surface area (Å²) in [6.07, 6.45) is -11.8. The highest BCUT2D eigenvalue weighted by Gasteiger charge is 2.61. The molecule has 0 aliphatic rings. The molecular weight excluding hydrogens is 465 g/mol. The van der Waals surface area contributed by atoms with Crippen LogP contribution in [-0.4, -0.2) is 38.9 Å². The summed E-state index contributed by atoms with van der Waals surface area (Å²) < 4.78 is 67.8. The number of rotatable bonds is 5. The van der Waals surface area contributed by atoms with Gasteiger partial charge in [0, 0.05) is 16.6 Å². The number of phenols is 1. The molecule has 3 aromatic rings. The number of aromatic nitrogens is 1. The maximum absolute atomic E-state index is 13.1. The van der Waals surface area contributed by atoms with Gasteiger partial charge < -0.3 is 14.9 Å². The van der Waals surface area contributed by atoms with E-state index in [1.165, 1.54) is 19.1 Å². The Morgan fingerprint density at radius 1 is 1.09 bits per heavy atom. The van der Waals surface area contributed by atoms with E-state index >= 15 is 0 Å². The van der Waals surface area contributed by atoms with E-state index in [-0.39, 0.29) is 38.5 Å². The van der Waals surface area contributed by atoms with E-state index < -0.39 is 36.3 Å². The second kappa shape index (κ2) is 7.97. The summed E-state index contributed by atoms with van der Waals surface area (Å²) in [6, 6.07) is 5.96. The van der Waals surface area contributed by atoms with Crippen molar-refractivity contribution in [3.8, 4) is 11.5 Å². The molecular formula is C20H13ClF5NO5. The summed E-state index contributed by atoms with van der Waals surface area (Å²) in [5, 5.41) is 19.2. The third kappa shape index (κ3) is 4.20. The van der Waals surface area contributed by atoms with Crippen LogP contribution in [0.2, 0.25) is 5.02 Å². The second-order valence-electron chi connectivity index (χ2n) is 6.74. The quantitative estimate of drug-likeness (QED) is 0.496. The summed E-state index contributed by atoms with van der Waals surface area (Å²) in [5.41, 5.74) is 0.518. The Balaban J connectivity index is 2.04. The van der Waals surface area contributed by atoms with Crippen molar-refractivity contribution in [2.75, 3.05) is 0 Å². The highest BCUT2D eigenvalue weighted by atomic mass is 35.5. The molecule has 170 valence electrons. The fourth-order valence-electron chi connectivity index (χ4n) is 3.13. The zero-order valence-corrected chi connectivity index (χ0v) is 16.8. The van der Waals surface area contributed by atoms with Crippen LogP contribution >= 0.6 is 11.6 Å². The van der Waals surface area contributed by atoms with Crippen molar-refractivity contribution in [2.24, 2.45) is 0 Å². The number of carboxylic acid groups (broad SMARTS) is 1. The van der Waals surface area contributed by atoms with Crippen LogP contribution in [0.5, 0.6) is 11.5 Å². The summed E-state index contributed by atoms with van der Waals surface area (Å²) in [4.78, 5) is 24.3. The number of aliphatic carboxylic acids is 1. The van der Waals surface area contributed by atoms with Crippen LogP contribution in [0.15, 0.2) is 36.4 Å². The van der Waals surface area contributed by atoms with Crippen molar-refractivity contribution in [2.45, 2.75) is 25.6 Å². The number of ether oxygens (including phenoxy) is 1.